The summed E-state index contributed by atoms with van der Waals surface area (Å²) >= 11 is 0. The van der Waals surface area contributed by atoms with Crippen LogP contribution >= 0.6 is 0 Å². The molecule has 14 heavy (non-hydrogen) atoms. The monoisotopic (exact) mass is 199 g/mol. The molecule has 1 rings (SSSR count). The number of hydrogen-bond donors (Lipinski definition) is 1. The van der Waals surface area contributed by atoms with Crippen LogP contribution in [0.1, 0.15) is 46.0 Å². The molecular weight excluding hydrogens is 174 g/mol. The fourth-order valence-electron chi connectivity index (χ4n) is 2.71. The fourth-order valence-corrected chi connectivity index (χ4v) is 2.71. The van der Waals surface area contributed by atoms with E-state index in [4.69, 9.17) is 10.5 Å². The molecular formula is C12H25NO. The van der Waals surface area contributed by atoms with Gasteiger partial charge in [0.05, 0.1) is 6.10 Å². The molecule has 0 radical (unpaired) electrons. The normalized spacial score (nSPS) is 22.9. The zero-order chi connectivity index (χ0) is 10.6. The standard InChI is InChI=1S/C12H25NO/c1-9(2)12(14-3)11(13)8-10-6-4-5-7-10/h9-12H,4-8,13H2,1-3H3. The maximum atomic E-state index is 6.18. The highest BCUT2D eigenvalue weighted by atomic mass is 16.5. The van der Waals surface area contributed by atoms with Crippen molar-refractivity contribution in [3.05, 3.63) is 0 Å². The third-order valence-electron chi connectivity index (χ3n) is 3.43. The SMILES string of the molecule is COC(C(C)C)C(N)CC1CCCC1. The lowest BCUT2D eigenvalue weighted by Gasteiger charge is -2.27. The molecule has 2 heteroatoms. The third kappa shape index (κ3) is 3.25. The molecule has 0 aromatic heterocycles. The first-order valence-electron chi connectivity index (χ1n) is 5.93. The smallest absolute Gasteiger partial charge is 0.0745 e. The topological polar surface area (TPSA) is 35.2 Å². The molecule has 0 heterocycles. The van der Waals surface area contributed by atoms with Gasteiger partial charge < -0.3 is 10.5 Å². The van der Waals surface area contributed by atoms with Crippen molar-refractivity contribution in [3.63, 3.8) is 0 Å². The quantitative estimate of drug-likeness (QED) is 0.738. The summed E-state index contributed by atoms with van der Waals surface area (Å²) in [6.07, 6.45) is 6.93. The highest BCUT2D eigenvalue weighted by molar-refractivity contribution is 4.80. The van der Waals surface area contributed by atoms with Gasteiger partial charge in [0.25, 0.3) is 0 Å². The van der Waals surface area contributed by atoms with Crippen LogP contribution in [-0.4, -0.2) is 19.3 Å². The van der Waals surface area contributed by atoms with E-state index >= 15 is 0 Å². The Balaban J connectivity index is 2.34. The predicted molar refractivity (Wildman–Crippen MR) is 60.2 cm³/mol. The van der Waals surface area contributed by atoms with E-state index in [-0.39, 0.29) is 12.1 Å². The molecule has 0 aromatic rings. The van der Waals surface area contributed by atoms with Crippen molar-refractivity contribution in [2.75, 3.05) is 7.11 Å². The molecule has 84 valence electrons. The Kier molecular flexibility index (Phi) is 4.90. The summed E-state index contributed by atoms with van der Waals surface area (Å²) in [5.41, 5.74) is 6.18. The lowest BCUT2D eigenvalue weighted by atomic mass is 9.91. The zero-order valence-electron chi connectivity index (χ0n) is 9.83. The maximum Gasteiger partial charge on any atom is 0.0745 e. The summed E-state index contributed by atoms with van der Waals surface area (Å²) in [4.78, 5) is 0. The van der Waals surface area contributed by atoms with E-state index in [0.29, 0.717) is 5.92 Å². The Labute approximate surface area is 88.2 Å². The van der Waals surface area contributed by atoms with E-state index in [9.17, 15) is 0 Å². The minimum absolute atomic E-state index is 0.225. The van der Waals surface area contributed by atoms with Gasteiger partial charge in [0.1, 0.15) is 0 Å². The number of rotatable bonds is 5. The summed E-state index contributed by atoms with van der Waals surface area (Å²) in [6, 6.07) is 0.225. The van der Waals surface area contributed by atoms with Gasteiger partial charge in [-0.3, -0.25) is 0 Å². The molecule has 2 N–H and O–H groups in total. The van der Waals surface area contributed by atoms with Crippen LogP contribution in [-0.2, 0) is 4.74 Å². The molecule has 1 aliphatic rings. The molecule has 0 amide bonds. The van der Waals surface area contributed by atoms with Crippen molar-refractivity contribution < 1.29 is 4.74 Å². The third-order valence-corrected chi connectivity index (χ3v) is 3.43. The van der Waals surface area contributed by atoms with Gasteiger partial charge >= 0.3 is 0 Å². The van der Waals surface area contributed by atoms with Crippen molar-refractivity contribution in [3.8, 4) is 0 Å². The van der Waals surface area contributed by atoms with Crippen molar-refractivity contribution in [1.82, 2.24) is 0 Å². The van der Waals surface area contributed by atoms with E-state index in [1.807, 2.05) is 0 Å². The second-order valence-corrected chi connectivity index (χ2v) is 4.99. The second-order valence-electron chi connectivity index (χ2n) is 4.99. The average molecular weight is 199 g/mol. The Bertz CT molecular complexity index is 152. The number of methoxy groups -OCH3 is 1. The van der Waals surface area contributed by atoms with Crippen LogP contribution in [0.3, 0.4) is 0 Å². The molecule has 1 fully saturated rings. The minimum atomic E-state index is 0.225. The van der Waals surface area contributed by atoms with Crippen LogP contribution in [0, 0.1) is 11.8 Å². The van der Waals surface area contributed by atoms with Gasteiger partial charge in [-0.2, -0.15) is 0 Å². The van der Waals surface area contributed by atoms with Crippen molar-refractivity contribution >= 4 is 0 Å². The van der Waals surface area contributed by atoms with Gasteiger partial charge in [0.2, 0.25) is 0 Å². The van der Waals surface area contributed by atoms with Crippen LogP contribution in [0.5, 0.6) is 0 Å². The molecule has 0 aliphatic heterocycles. The van der Waals surface area contributed by atoms with Gasteiger partial charge in [-0.15, -0.1) is 0 Å². The largest absolute Gasteiger partial charge is 0.380 e. The Morgan fingerprint density at radius 1 is 1.29 bits per heavy atom. The molecule has 0 saturated heterocycles. The lowest BCUT2D eigenvalue weighted by Crippen LogP contribution is -2.40. The Morgan fingerprint density at radius 2 is 1.86 bits per heavy atom. The predicted octanol–water partition coefficient (Wildman–Crippen LogP) is 2.57. The number of nitrogens with two attached hydrogens (primary N) is 1. The summed E-state index contributed by atoms with van der Waals surface area (Å²) in [5, 5.41) is 0. The number of ether oxygens (including phenoxy) is 1. The zero-order valence-corrected chi connectivity index (χ0v) is 9.83. The first-order chi connectivity index (χ1) is 6.65. The van der Waals surface area contributed by atoms with E-state index in [1.54, 1.807) is 7.11 Å². The van der Waals surface area contributed by atoms with Crippen molar-refractivity contribution in [2.45, 2.75) is 58.1 Å². The summed E-state index contributed by atoms with van der Waals surface area (Å²) < 4.78 is 5.46. The first kappa shape index (κ1) is 12.0. The second kappa shape index (κ2) is 5.72. The highest BCUT2D eigenvalue weighted by Crippen LogP contribution is 2.29. The van der Waals surface area contributed by atoms with E-state index in [1.165, 1.54) is 25.7 Å². The lowest BCUT2D eigenvalue weighted by molar-refractivity contribution is 0.0376. The van der Waals surface area contributed by atoms with Gasteiger partial charge in [0.15, 0.2) is 0 Å². The van der Waals surface area contributed by atoms with E-state index in [2.05, 4.69) is 13.8 Å². The van der Waals surface area contributed by atoms with Crippen LogP contribution in [0.2, 0.25) is 0 Å². The average Bonchev–Trinajstić information content (AvgIpc) is 2.57. The summed E-state index contributed by atoms with van der Waals surface area (Å²) in [5.74, 6) is 1.39. The fraction of sp³-hybridized carbons (Fsp3) is 1.00. The van der Waals surface area contributed by atoms with Gasteiger partial charge in [-0.1, -0.05) is 39.5 Å². The molecule has 1 aliphatic carbocycles. The summed E-state index contributed by atoms with van der Waals surface area (Å²) in [6.45, 7) is 4.37. The van der Waals surface area contributed by atoms with Gasteiger partial charge in [-0.05, 0) is 18.3 Å². The van der Waals surface area contributed by atoms with E-state index in [0.717, 1.165) is 12.3 Å². The molecule has 1 saturated carbocycles. The number of hydrogen-bond acceptors (Lipinski definition) is 2. The van der Waals surface area contributed by atoms with Gasteiger partial charge in [0, 0.05) is 13.2 Å². The molecule has 2 unspecified atom stereocenters. The maximum absolute atomic E-state index is 6.18. The van der Waals surface area contributed by atoms with Crippen LogP contribution in [0.25, 0.3) is 0 Å². The Hall–Kier alpha value is -0.0800. The van der Waals surface area contributed by atoms with Crippen LogP contribution in [0.15, 0.2) is 0 Å². The van der Waals surface area contributed by atoms with Gasteiger partial charge in [-0.25, -0.2) is 0 Å². The van der Waals surface area contributed by atoms with Crippen LogP contribution in [0.4, 0.5) is 0 Å². The molecule has 2 nitrogen and oxygen atoms in total. The highest BCUT2D eigenvalue weighted by Gasteiger charge is 2.25. The van der Waals surface area contributed by atoms with E-state index < -0.39 is 0 Å². The minimum Gasteiger partial charge on any atom is -0.380 e. The van der Waals surface area contributed by atoms with Crippen LogP contribution < -0.4 is 5.73 Å². The molecule has 0 spiro atoms. The molecule has 2 atom stereocenters. The first-order valence-corrected chi connectivity index (χ1v) is 5.93. The Morgan fingerprint density at radius 3 is 2.29 bits per heavy atom. The summed E-state index contributed by atoms with van der Waals surface area (Å²) in [7, 11) is 1.78. The van der Waals surface area contributed by atoms with Crippen molar-refractivity contribution in [2.24, 2.45) is 17.6 Å². The molecule has 0 bridgehead atoms. The van der Waals surface area contributed by atoms with Crippen molar-refractivity contribution in [1.29, 1.82) is 0 Å². The molecule has 0 aromatic carbocycles.